The van der Waals surface area contributed by atoms with Crippen LogP contribution in [0.4, 0.5) is 18.9 Å². The number of fused-ring (bicyclic) bond motifs is 1. The number of para-hydroxylation sites is 1. The number of alkyl halides is 3. The highest BCUT2D eigenvalue weighted by atomic mass is 19.4. The van der Waals surface area contributed by atoms with Gasteiger partial charge in [0.25, 0.3) is 5.91 Å². The molecule has 3 aromatic carbocycles. The second-order valence-electron chi connectivity index (χ2n) is 8.28. The summed E-state index contributed by atoms with van der Waals surface area (Å²) in [7, 11) is 1.53. The van der Waals surface area contributed by atoms with E-state index in [2.05, 4.69) is 10.1 Å². The molecule has 0 aromatic heterocycles. The highest BCUT2D eigenvalue weighted by Crippen LogP contribution is 2.37. The van der Waals surface area contributed by atoms with Gasteiger partial charge in [0.1, 0.15) is 17.0 Å². The molecule has 1 aliphatic heterocycles. The summed E-state index contributed by atoms with van der Waals surface area (Å²) in [6.07, 6.45) is -4.62. The van der Waals surface area contributed by atoms with Gasteiger partial charge < -0.3 is 14.8 Å². The Bertz CT molecular complexity index is 1240. The van der Waals surface area contributed by atoms with Crippen LogP contribution in [0.3, 0.4) is 0 Å². The third kappa shape index (κ3) is 4.94. The van der Waals surface area contributed by atoms with Crippen molar-refractivity contribution in [3.8, 4) is 11.5 Å². The summed E-state index contributed by atoms with van der Waals surface area (Å²) in [6.45, 7) is 1.80. The number of anilines is 1. The number of nitrogens with one attached hydrogen (secondary N) is 1. The Morgan fingerprint density at radius 2 is 1.69 bits per heavy atom. The van der Waals surface area contributed by atoms with Gasteiger partial charge in [0.05, 0.1) is 7.11 Å². The Morgan fingerprint density at radius 3 is 2.37 bits per heavy atom. The molecule has 0 spiro atoms. The Labute approximate surface area is 200 Å². The summed E-state index contributed by atoms with van der Waals surface area (Å²) in [5.74, 6) is -0.651. The van der Waals surface area contributed by atoms with Gasteiger partial charge in [-0.15, -0.1) is 13.2 Å². The number of nitrogens with zero attached hydrogens (tertiary/aromatic N) is 1. The van der Waals surface area contributed by atoms with E-state index in [1.807, 2.05) is 18.2 Å². The number of hydrogen-bond acceptors (Lipinski definition) is 4. The summed E-state index contributed by atoms with van der Waals surface area (Å²) in [5, 5.41) is 2.89. The first-order valence-electron chi connectivity index (χ1n) is 10.8. The fourth-order valence-corrected chi connectivity index (χ4v) is 4.27. The van der Waals surface area contributed by atoms with Crippen molar-refractivity contribution < 1.29 is 32.2 Å². The zero-order valence-electron chi connectivity index (χ0n) is 19.1. The normalized spacial score (nSPS) is 17.5. The zero-order chi connectivity index (χ0) is 25.2. The number of amides is 2. The first kappa shape index (κ1) is 24.1. The minimum atomic E-state index is -4.84. The van der Waals surface area contributed by atoms with Crippen LogP contribution in [0.5, 0.6) is 11.5 Å². The van der Waals surface area contributed by atoms with Crippen molar-refractivity contribution >= 4 is 17.5 Å². The van der Waals surface area contributed by atoms with E-state index in [0.29, 0.717) is 16.9 Å². The largest absolute Gasteiger partial charge is 0.573 e. The van der Waals surface area contributed by atoms with Crippen LogP contribution in [0.2, 0.25) is 0 Å². The molecule has 9 heteroatoms. The molecule has 0 radical (unpaired) electrons. The predicted octanol–water partition coefficient (Wildman–Crippen LogP) is 4.87. The zero-order valence-corrected chi connectivity index (χ0v) is 19.1. The van der Waals surface area contributed by atoms with E-state index < -0.39 is 29.5 Å². The van der Waals surface area contributed by atoms with Crippen molar-refractivity contribution in [2.75, 3.05) is 12.0 Å². The summed E-state index contributed by atoms with van der Waals surface area (Å²) in [4.78, 5) is 28.4. The topological polar surface area (TPSA) is 67.9 Å². The molecular weight excluding hydrogens is 461 g/mol. The molecule has 0 fully saturated rings. The van der Waals surface area contributed by atoms with Crippen LogP contribution in [0, 0.1) is 0 Å². The maximum atomic E-state index is 13.6. The molecule has 1 unspecified atom stereocenters. The standard InChI is InChI=1S/C26H23F3N2O4/c1-25(24(33)30-16-18-8-4-6-10-22(18)34-2)15-17-7-3-5-9-21(17)23(32)31(25)19-11-13-20(14-12-19)35-26(27,28)29/h3-14H,15-16H2,1-2H3,(H,30,33). The average Bonchev–Trinajstić information content (AvgIpc) is 2.82. The fraction of sp³-hybridized carbons (Fsp3) is 0.231. The van der Waals surface area contributed by atoms with Crippen molar-refractivity contribution in [1.82, 2.24) is 5.32 Å². The third-order valence-corrected chi connectivity index (χ3v) is 5.93. The number of halogens is 3. The number of hydrogen-bond donors (Lipinski definition) is 1. The molecule has 1 atom stereocenters. The highest BCUT2D eigenvalue weighted by Gasteiger charge is 2.47. The van der Waals surface area contributed by atoms with Crippen LogP contribution in [0.15, 0.2) is 72.8 Å². The quantitative estimate of drug-likeness (QED) is 0.542. The minimum absolute atomic E-state index is 0.167. The predicted molar refractivity (Wildman–Crippen MR) is 123 cm³/mol. The van der Waals surface area contributed by atoms with Crippen LogP contribution in [-0.2, 0) is 17.8 Å². The molecule has 1 heterocycles. The lowest BCUT2D eigenvalue weighted by Gasteiger charge is -2.44. The van der Waals surface area contributed by atoms with Gasteiger partial charge >= 0.3 is 6.36 Å². The monoisotopic (exact) mass is 484 g/mol. The van der Waals surface area contributed by atoms with Crippen LogP contribution < -0.4 is 19.7 Å². The molecule has 0 saturated heterocycles. The molecule has 4 rings (SSSR count). The Hall–Kier alpha value is -4.01. The molecule has 2 amide bonds. The smallest absolute Gasteiger partial charge is 0.496 e. The van der Waals surface area contributed by atoms with E-state index >= 15 is 0 Å². The number of methoxy groups -OCH3 is 1. The number of rotatable bonds is 6. The van der Waals surface area contributed by atoms with Crippen molar-refractivity contribution in [2.24, 2.45) is 0 Å². The first-order valence-corrected chi connectivity index (χ1v) is 10.8. The molecule has 0 aliphatic carbocycles. The van der Waals surface area contributed by atoms with Crippen molar-refractivity contribution in [2.45, 2.75) is 31.8 Å². The van der Waals surface area contributed by atoms with Crippen LogP contribution in [0.1, 0.15) is 28.4 Å². The molecular formula is C26H23F3N2O4. The first-order chi connectivity index (χ1) is 16.6. The third-order valence-electron chi connectivity index (χ3n) is 5.93. The molecule has 6 nitrogen and oxygen atoms in total. The van der Waals surface area contributed by atoms with E-state index in [9.17, 15) is 22.8 Å². The SMILES string of the molecule is COc1ccccc1CNC(=O)C1(C)Cc2ccccc2C(=O)N1c1ccc(OC(F)(F)F)cc1. The summed E-state index contributed by atoms with van der Waals surface area (Å²) < 4.78 is 47.0. The highest BCUT2D eigenvalue weighted by molar-refractivity contribution is 6.14. The van der Waals surface area contributed by atoms with Crippen molar-refractivity contribution in [3.05, 3.63) is 89.5 Å². The molecule has 1 aliphatic rings. The molecule has 3 aromatic rings. The lowest BCUT2D eigenvalue weighted by molar-refractivity contribution is -0.274. The van der Waals surface area contributed by atoms with Crippen LogP contribution >= 0.6 is 0 Å². The number of carbonyl (C=O) groups excluding carboxylic acids is 2. The van der Waals surface area contributed by atoms with Gasteiger partial charge in [-0.2, -0.15) is 0 Å². The van der Waals surface area contributed by atoms with E-state index in [1.54, 1.807) is 37.3 Å². The number of ether oxygens (including phenoxy) is 2. The van der Waals surface area contributed by atoms with Crippen molar-refractivity contribution in [1.29, 1.82) is 0 Å². The summed E-state index contributed by atoms with van der Waals surface area (Å²) in [6, 6.07) is 19.1. The summed E-state index contributed by atoms with van der Waals surface area (Å²) >= 11 is 0. The van der Waals surface area contributed by atoms with E-state index in [4.69, 9.17) is 4.74 Å². The van der Waals surface area contributed by atoms with E-state index in [1.165, 1.54) is 24.1 Å². The van der Waals surface area contributed by atoms with Gasteiger partial charge in [-0.3, -0.25) is 14.5 Å². The van der Waals surface area contributed by atoms with Crippen LogP contribution in [-0.4, -0.2) is 30.8 Å². The fourth-order valence-electron chi connectivity index (χ4n) is 4.27. The van der Waals surface area contributed by atoms with Gasteiger partial charge in [0.15, 0.2) is 0 Å². The molecule has 0 bridgehead atoms. The Kier molecular flexibility index (Phi) is 6.43. The maximum absolute atomic E-state index is 13.6. The Balaban J connectivity index is 1.68. The number of carbonyl (C=O) groups is 2. The van der Waals surface area contributed by atoms with Gasteiger partial charge in [0, 0.05) is 29.8 Å². The van der Waals surface area contributed by atoms with Gasteiger partial charge in [-0.05, 0) is 48.9 Å². The minimum Gasteiger partial charge on any atom is -0.496 e. The van der Waals surface area contributed by atoms with E-state index in [0.717, 1.165) is 17.7 Å². The van der Waals surface area contributed by atoms with Crippen molar-refractivity contribution in [3.63, 3.8) is 0 Å². The molecule has 182 valence electrons. The second kappa shape index (κ2) is 9.32. The Morgan fingerprint density at radius 1 is 1.03 bits per heavy atom. The van der Waals surface area contributed by atoms with Gasteiger partial charge in [-0.1, -0.05) is 36.4 Å². The lowest BCUT2D eigenvalue weighted by atomic mass is 9.82. The lowest BCUT2D eigenvalue weighted by Crippen LogP contribution is -2.63. The van der Waals surface area contributed by atoms with E-state index in [-0.39, 0.29) is 18.7 Å². The molecule has 0 saturated carbocycles. The summed E-state index contributed by atoms with van der Waals surface area (Å²) in [5.41, 5.74) is 0.822. The van der Waals surface area contributed by atoms with Gasteiger partial charge in [-0.25, -0.2) is 0 Å². The average molecular weight is 484 g/mol. The number of benzene rings is 3. The second-order valence-corrected chi connectivity index (χ2v) is 8.28. The molecule has 1 N–H and O–H groups in total. The van der Waals surface area contributed by atoms with Gasteiger partial charge in [0.2, 0.25) is 5.91 Å². The van der Waals surface area contributed by atoms with Crippen LogP contribution in [0.25, 0.3) is 0 Å². The maximum Gasteiger partial charge on any atom is 0.573 e. The molecule has 35 heavy (non-hydrogen) atoms.